The summed E-state index contributed by atoms with van der Waals surface area (Å²) in [6.07, 6.45) is 1.59. The number of benzene rings is 1. The first-order valence-electron chi connectivity index (χ1n) is 5.19. The molecule has 94 valence electrons. The molecule has 4 nitrogen and oxygen atoms in total. The van der Waals surface area contributed by atoms with Crippen LogP contribution in [0.1, 0.15) is 5.56 Å². The summed E-state index contributed by atoms with van der Waals surface area (Å²) in [6.45, 7) is 0.119. The Labute approximate surface area is 109 Å². The highest BCUT2D eigenvalue weighted by Gasteiger charge is 2.09. The molecule has 3 N–H and O–H groups in total. The van der Waals surface area contributed by atoms with Crippen LogP contribution in [-0.2, 0) is 6.61 Å². The number of nitrogens with zero attached hydrogens (tertiary/aromatic N) is 1. The third-order valence-electron chi connectivity index (χ3n) is 2.32. The van der Waals surface area contributed by atoms with Gasteiger partial charge in [0.15, 0.2) is 11.6 Å². The first-order chi connectivity index (χ1) is 8.72. The van der Waals surface area contributed by atoms with E-state index in [1.807, 2.05) is 0 Å². The van der Waals surface area contributed by atoms with Gasteiger partial charge in [-0.05, 0) is 18.2 Å². The average molecular weight is 268 g/mol. The van der Waals surface area contributed by atoms with Crippen LogP contribution in [-0.4, -0.2) is 4.98 Å². The van der Waals surface area contributed by atoms with Crippen molar-refractivity contribution in [1.82, 2.24) is 4.98 Å². The van der Waals surface area contributed by atoms with Gasteiger partial charge in [-0.15, -0.1) is 0 Å². The number of aromatic nitrogens is 1. The van der Waals surface area contributed by atoms with Crippen molar-refractivity contribution >= 4 is 17.4 Å². The van der Waals surface area contributed by atoms with Gasteiger partial charge in [0, 0.05) is 11.8 Å². The van der Waals surface area contributed by atoms with Crippen molar-refractivity contribution in [2.45, 2.75) is 6.61 Å². The van der Waals surface area contributed by atoms with Crippen LogP contribution in [0.2, 0.25) is 5.02 Å². The van der Waals surface area contributed by atoms with Crippen LogP contribution in [0.5, 0.6) is 5.75 Å². The lowest BCUT2D eigenvalue weighted by Gasteiger charge is -2.11. The van der Waals surface area contributed by atoms with Crippen LogP contribution >= 0.6 is 11.6 Å². The second kappa shape index (κ2) is 5.66. The van der Waals surface area contributed by atoms with E-state index >= 15 is 0 Å². The van der Waals surface area contributed by atoms with Crippen LogP contribution < -0.4 is 16.0 Å². The summed E-state index contributed by atoms with van der Waals surface area (Å²) in [4.78, 5) is 4.01. The predicted octanol–water partition coefficient (Wildman–Crippen LogP) is 2.74. The van der Waals surface area contributed by atoms with Gasteiger partial charge >= 0.3 is 0 Å². The zero-order valence-corrected chi connectivity index (χ0v) is 10.1. The van der Waals surface area contributed by atoms with Gasteiger partial charge in [0.1, 0.15) is 12.4 Å². The van der Waals surface area contributed by atoms with E-state index < -0.39 is 5.82 Å². The fourth-order valence-corrected chi connectivity index (χ4v) is 1.67. The molecule has 0 aliphatic heterocycles. The van der Waals surface area contributed by atoms with Crippen molar-refractivity contribution in [3.8, 4) is 5.75 Å². The molecule has 1 aromatic heterocycles. The molecular weight excluding hydrogens is 257 g/mol. The number of nitrogens with two attached hydrogens (primary N) is 1. The van der Waals surface area contributed by atoms with Gasteiger partial charge in [0.25, 0.3) is 0 Å². The van der Waals surface area contributed by atoms with E-state index in [1.165, 1.54) is 12.1 Å². The lowest BCUT2D eigenvalue weighted by atomic mass is 10.2. The molecule has 0 saturated heterocycles. The molecule has 0 bridgehead atoms. The number of nitrogens with one attached hydrogen (secondary N) is 1. The van der Waals surface area contributed by atoms with E-state index in [-0.39, 0.29) is 17.4 Å². The van der Waals surface area contributed by atoms with Crippen molar-refractivity contribution in [2.75, 3.05) is 5.43 Å². The first kappa shape index (κ1) is 12.6. The highest BCUT2D eigenvalue weighted by atomic mass is 35.5. The van der Waals surface area contributed by atoms with E-state index in [4.69, 9.17) is 22.2 Å². The van der Waals surface area contributed by atoms with Crippen LogP contribution in [0.15, 0.2) is 36.5 Å². The minimum atomic E-state index is -0.506. The lowest BCUT2D eigenvalue weighted by molar-refractivity contribution is 0.290. The predicted molar refractivity (Wildman–Crippen MR) is 67.8 cm³/mol. The number of rotatable bonds is 4. The number of pyridine rings is 1. The monoisotopic (exact) mass is 267 g/mol. The maximum absolute atomic E-state index is 13.5. The van der Waals surface area contributed by atoms with E-state index in [0.29, 0.717) is 11.4 Å². The van der Waals surface area contributed by atoms with Crippen LogP contribution in [0.3, 0.4) is 0 Å². The summed E-state index contributed by atoms with van der Waals surface area (Å²) in [5.74, 6) is 5.30. The Hall–Kier alpha value is -1.85. The van der Waals surface area contributed by atoms with Gasteiger partial charge in [-0.25, -0.2) is 15.2 Å². The van der Waals surface area contributed by atoms with Crippen molar-refractivity contribution in [3.05, 3.63) is 52.9 Å². The minimum absolute atomic E-state index is 0.0194. The van der Waals surface area contributed by atoms with Crippen molar-refractivity contribution in [2.24, 2.45) is 5.84 Å². The molecule has 2 rings (SSSR count). The smallest absolute Gasteiger partial charge is 0.174 e. The summed E-state index contributed by atoms with van der Waals surface area (Å²) in [7, 11) is 0. The summed E-state index contributed by atoms with van der Waals surface area (Å²) in [5.41, 5.74) is 3.15. The molecule has 2 aromatic rings. The fourth-order valence-electron chi connectivity index (χ4n) is 1.46. The number of para-hydroxylation sites is 1. The Balaban J connectivity index is 2.16. The number of ether oxygens (including phenoxy) is 1. The summed E-state index contributed by atoms with van der Waals surface area (Å²) < 4.78 is 18.8. The lowest BCUT2D eigenvalue weighted by Crippen LogP contribution is -2.12. The largest absolute Gasteiger partial charge is 0.484 e. The Morgan fingerprint density at radius 2 is 2.17 bits per heavy atom. The second-order valence-electron chi connectivity index (χ2n) is 3.49. The van der Waals surface area contributed by atoms with Crippen LogP contribution in [0.25, 0.3) is 0 Å². The zero-order chi connectivity index (χ0) is 13.0. The van der Waals surface area contributed by atoms with Gasteiger partial charge in [0.2, 0.25) is 0 Å². The zero-order valence-electron chi connectivity index (χ0n) is 9.36. The minimum Gasteiger partial charge on any atom is -0.484 e. The number of hydrogen-bond acceptors (Lipinski definition) is 4. The molecule has 6 heteroatoms. The third-order valence-corrected chi connectivity index (χ3v) is 2.62. The van der Waals surface area contributed by atoms with Gasteiger partial charge in [-0.2, -0.15) is 0 Å². The highest BCUT2D eigenvalue weighted by molar-refractivity contribution is 6.32. The number of anilines is 1. The molecule has 18 heavy (non-hydrogen) atoms. The van der Waals surface area contributed by atoms with E-state index in [9.17, 15) is 4.39 Å². The first-order valence-corrected chi connectivity index (χ1v) is 5.57. The Morgan fingerprint density at radius 3 is 2.89 bits per heavy atom. The van der Waals surface area contributed by atoms with Crippen molar-refractivity contribution < 1.29 is 9.13 Å². The fraction of sp³-hybridized carbons (Fsp3) is 0.0833. The molecule has 0 amide bonds. The quantitative estimate of drug-likeness (QED) is 0.661. The topological polar surface area (TPSA) is 60.2 Å². The van der Waals surface area contributed by atoms with Gasteiger partial charge in [-0.3, -0.25) is 0 Å². The normalized spacial score (nSPS) is 10.2. The van der Waals surface area contributed by atoms with Gasteiger partial charge in [-0.1, -0.05) is 23.7 Å². The van der Waals surface area contributed by atoms with Gasteiger partial charge < -0.3 is 10.2 Å². The summed E-state index contributed by atoms with van der Waals surface area (Å²) >= 11 is 5.85. The molecule has 0 atom stereocenters. The number of halogens is 2. The Morgan fingerprint density at radius 1 is 1.33 bits per heavy atom. The maximum Gasteiger partial charge on any atom is 0.174 e. The second-order valence-corrected chi connectivity index (χ2v) is 3.90. The average Bonchev–Trinajstić information content (AvgIpc) is 2.38. The van der Waals surface area contributed by atoms with Crippen LogP contribution in [0.4, 0.5) is 10.2 Å². The van der Waals surface area contributed by atoms with Gasteiger partial charge in [0.05, 0.1) is 5.02 Å². The molecule has 1 heterocycles. The van der Waals surface area contributed by atoms with Crippen molar-refractivity contribution in [1.29, 1.82) is 0 Å². The molecule has 0 aliphatic carbocycles. The highest BCUT2D eigenvalue weighted by Crippen LogP contribution is 2.28. The number of hydrazine groups is 1. The molecule has 0 aliphatic rings. The standard InChI is InChI=1S/C12H11ClFN3O/c13-9-4-1-5-10(14)11(9)18-7-8-3-2-6-16-12(8)17-15/h1-6H,7,15H2,(H,16,17). The summed E-state index contributed by atoms with van der Waals surface area (Å²) in [6, 6.07) is 7.87. The third kappa shape index (κ3) is 2.69. The molecule has 0 fully saturated rings. The van der Waals surface area contributed by atoms with E-state index in [2.05, 4.69) is 10.4 Å². The van der Waals surface area contributed by atoms with E-state index in [1.54, 1.807) is 24.4 Å². The maximum atomic E-state index is 13.5. The Bertz CT molecular complexity index is 530. The molecule has 0 spiro atoms. The summed E-state index contributed by atoms with van der Waals surface area (Å²) in [5, 5.41) is 0.223. The van der Waals surface area contributed by atoms with Crippen molar-refractivity contribution in [3.63, 3.8) is 0 Å². The van der Waals surface area contributed by atoms with Crippen LogP contribution in [0, 0.1) is 5.82 Å². The molecule has 0 radical (unpaired) electrons. The Kier molecular flexibility index (Phi) is 3.96. The molecule has 0 saturated carbocycles. The molecular formula is C12H11ClFN3O. The van der Waals surface area contributed by atoms with E-state index in [0.717, 1.165) is 0 Å². The SMILES string of the molecule is NNc1ncccc1COc1c(F)cccc1Cl. The number of nitrogen functional groups attached to an aromatic ring is 1. The molecule has 0 unspecified atom stereocenters. The molecule has 1 aromatic carbocycles. The number of hydrogen-bond donors (Lipinski definition) is 2.